The molecule has 2 rings (SSSR count). The van der Waals surface area contributed by atoms with Crippen molar-refractivity contribution in [2.75, 3.05) is 7.05 Å². The lowest BCUT2D eigenvalue weighted by Crippen LogP contribution is -2.49. The number of nitrogens with one attached hydrogen (secondary N) is 1. The van der Waals surface area contributed by atoms with E-state index in [1.165, 1.54) is 12.1 Å². The minimum atomic E-state index is -3.76. The highest BCUT2D eigenvalue weighted by Gasteiger charge is 2.30. The molecule has 1 atom stereocenters. The molecule has 26 heavy (non-hydrogen) atoms. The number of nitrogens with zero attached hydrogens (tertiary/aromatic N) is 1. The molecule has 0 bridgehead atoms. The maximum atomic E-state index is 12.9. The molecule has 0 fully saturated rings. The second kappa shape index (κ2) is 8.47. The predicted octanol–water partition coefficient (Wildman–Crippen LogP) is 2.96. The monoisotopic (exact) mass is 374 g/mol. The third-order valence-electron chi connectivity index (χ3n) is 4.18. The molecule has 0 radical (unpaired) electrons. The number of sulfonamides is 1. The average molecular weight is 375 g/mol. The first-order valence-electron chi connectivity index (χ1n) is 8.58. The molecule has 0 saturated carbocycles. The number of hydrogen-bond donors (Lipinski definition) is 1. The van der Waals surface area contributed by atoms with Crippen LogP contribution in [0.2, 0.25) is 0 Å². The predicted molar refractivity (Wildman–Crippen MR) is 103 cm³/mol. The maximum absolute atomic E-state index is 12.9. The number of carbonyl (C=O) groups is 1. The van der Waals surface area contributed by atoms with Crippen LogP contribution in [0.3, 0.4) is 0 Å². The van der Waals surface area contributed by atoms with Crippen LogP contribution >= 0.6 is 0 Å². The van der Waals surface area contributed by atoms with Crippen LogP contribution in [0.5, 0.6) is 0 Å². The Morgan fingerprint density at radius 3 is 2.15 bits per heavy atom. The van der Waals surface area contributed by atoms with Gasteiger partial charge in [0.05, 0.1) is 4.90 Å². The summed E-state index contributed by atoms with van der Waals surface area (Å²) in [4.78, 5) is 14.6. The largest absolute Gasteiger partial charge is 0.340 e. The molecule has 140 valence electrons. The molecule has 0 spiro atoms. The van der Waals surface area contributed by atoms with Crippen LogP contribution in [-0.2, 0) is 21.4 Å². The van der Waals surface area contributed by atoms with Crippen molar-refractivity contribution in [1.29, 1.82) is 0 Å². The fourth-order valence-electron chi connectivity index (χ4n) is 2.59. The standard InChI is InChI=1S/C20H26N2O3S/c1-15(2)19(21-26(24,25)18-8-6-5-7-9-18)20(23)22(4)14-17-12-10-16(3)11-13-17/h5-13,15,19,21H,14H2,1-4H3/t19-/m0/s1. The first-order valence-corrected chi connectivity index (χ1v) is 10.1. The Morgan fingerprint density at radius 2 is 1.62 bits per heavy atom. The van der Waals surface area contributed by atoms with Crippen molar-refractivity contribution in [2.24, 2.45) is 5.92 Å². The van der Waals surface area contributed by atoms with E-state index in [9.17, 15) is 13.2 Å². The van der Waals surface area contributed by atoms with Crippen LogP contribution in [0.25, 0.3) is 0 Å². The highest BCUT2D eigenvalue weighted by atomic mass is 32.2. The average Bonchev–Trinajstić information content (AvgIpc) is 2.61. The summed E-state index contributed by atoms with van der Waals surface area (Å²) < 4.78 is 27.7. The van der Waals surface area contributed by atoms with E-state index < -0.39 is 16.1 Å². The van der Waals surface area contributed by atoms with E-state index in [0.717, 1.165) is 11.1 Å². The van der Waals surface area contributed by atoms with Gasteiger partial charge in [0.1, 0.15) is 6.04 Å². The molecule has 5 nitrogen and oxygen atoms in total. The summed E-state index contributed by atoms with van der Waals surface area (Å²) in [5, 5.41) is 0. The molecule has 0 aromatic heterocycles. The smallest absolute Gasteiger partial charge is 0.241 e. The summed E-state index contributed by atoms with van der Waals surface area (Å²) >= 11 is 0. The normalized spacial score (nSPS) is 12.8. The summed E-state index contributed by atoms with van der Waals surface area (Å²) in [6, 6.07) is 15.2. The summed E-state index contributed by atoms with van der Waals surface area (Å²) in [5.41, 5.74) is 2.15. The SMILES string of the molecule is Cc1ccc(CN(C)C(=O)[C@@H](NS(=O)(=O)c2ccccc2)C(C)C)cc1. The highest BCUT2D eigenvalue weighted by Crippen LogP contribution is 2.14. The molecular formula is C20H26N2O3S. The quantitative estimate of drug-likeness (QED) is 0.810. The number of benzene rings is 2. The molecule has 6 heteroatoms. The fourth-order valence-corrected chi connectivity index (χ4v) is 3.95. The van der Waals surface area contributed by atoms with E-state index in [2.05, 4.69) is 4.72 Å². The molecule has 1 N–H and O–H groups in total. The van der Waals surface area contributed by atoms with Crippen molar-refractivity contribution < 1.29 is 13.2 Å². The van der Waals surface area contributed by atoms with Gasteiger partial charge in [-0.25, -0.2) is 8.42 Å². The molecule has 1 amide bonds. The van der Waals surface area contributed by atoms with Crippen molar-refractivity contribution in [1.82, 2.24) is 9.62 Å². The van der Waals surface area contributed by atoms with Gasteiger partial charge in [0.25, 0.3) is 0 Å². The number of carbonyl (C=O) groups excluding carboxylic acids is 1. The van der Waals surface area contributed by atoms with Crippen LogP contribution in [-0.4, -0.2) is 32.3 Å². The van der Waals surface area contributed by atoms with Crippen LogP contribution < -0.4 is 4.72 Å². The van der Waals surface area contributed by atoms with E-state index in [-0.39, 0.29) is 16.7 Å². The first-order chi connectivity index (χ1) is 12.2. The zero-order valence-electron chi connectivity index (χ0n) is 15.6. The molecule has 2 aromatic carbocycles. The molecule has 0 unspecified atom stereocenters. The van der Waals surface area contributed by atoms with Crippen molar-refractivity contribution >= 4 is 15.9 Å². The van der Waals surface area contributed by atoms with Gasteiger partial charge < -0.3 is 4.90 Å². The van der Waals surface area contributed by atoms with E-state index >= 15 is 0 Å². The zero-order valence-corrected chi connectivity index (χ0v) is 16.5. The summed E-state index contributed by atoms with van der Waals surface area (Å²) in [5.74, 6) is -0.429. The summed E-state index contributed by atoms with van der Waals surface area (Å²) in [6.45, 7) is 6.09. The van der Waals surface area contributed by atoms with Gasteiger partial charge in [-0.05, 0) is 30.5 Å². The van der Waals surface area contributed by atoms with Crippen LogP contribution in [0.4, 0.5) is 0 Å². The third-order valence-corrected chi connectivity index (χ3v) is 5.64. The van der Waals surface area contributed by atoms with Crippen molar-refractivity contribution in [3.63, 3.8) is 0 Å². The summed E-state index contributed by atoms with van der Waals surface area (Å²) in [6.07, 6.45) is 0. The minimum Gasteiger partial charge on any atom is -0.340 e. The zero-order chi connectivity index (χ0) is 19.3. The van der Waals surface area contributed by atoms with E-state index in [1.807, 2.05) is 45.0 Å². The van der Waals surface area contributed by atoms with Crippen LogP contribution in [0.1, 0.15) is 25.0 Å². The first kappa shape index (κ1) is 20.1. The van der Waals surface area contributed by atoms with Crippen molar-refractivity contribution in [2.45, 2.75) is 38.3 Å². The van der Waals surface area contributed by atoms with Gasteiger partial charge in [0.2, 0.25) is 15.9 Å². The van der Waals surface area contributed by atoms with Gasteiger partial charge in [-0.15, -0.1) is 0 Å². The molecule has 0 aliphatic heterocycles. The Labute approximate surface area is 156 Å². The molecular weight excluding hydrogens is 348 g/mol. The molecule has 0 aliphatic carbocycles. The Balaban J connectivity index is 2.15. The number of aryl methyl sites for hydroxylation is 1. The van der Waals surface area contributed by atoms with Crippen molar-refractivity contribution in [3.8, 4) is 0 Å². The van der Waals surface area contributed by atoms with E-state index in [4.69, 9.17) is 0 Å². The Hall–Kier alpha value is -2.18. The number of hydrogen-bond acceptors (Lipinski definition) is 3. The molecule has 2 aromatic rings. The number of rotatable bonds is 7. The van der Waals surface area contributed by atoms with Crippen molar-refractivity contribution in [3.05, 3.63) is 65.7 Å². The Kier molecular flexibility index (Phi) is 6.56. The van der Waals surface area contributed by atoms with E-state index in [1.54, 1.807) is 30.1 Å². The van der Waals surface area contributed by atoms with Gasteiger partial charge in [-0.1, -0.05) is 61.9 Å². The third kappa shape index (κ3) is 5.16. The summed E-state index contributed by atoms with van der Waals surface area (Å²) in [7, 11) is -2.07. The topological polar surface area (TPSA) is 66.5 Å². The minimum absolute atomic E-state index is 0.152. The molecule has 0 aliphatic rings. The number of likely N-dealkylation sites (N-methyl/N-ethyl adjacent to an activating group) is 1. The lowest BCUT2D eigenvalue weighted by Gasteiger charge is -2.27. The highest BCUT2D eigenvalue weighted by molar-refractivity contribution is 7.89. The maximum Gasteiger partial charge on any atom is 0.241 e. The van der Waals surface area contributed by atoms with Gasteiger partial charge in [-0.3, -0.25) is 4.79 Å². The lowest BCUT2D eigenvalue weighted by molar-refractivity contribution is -0.133. The Morgan fingerprint density at radius 1 is 1.04 bits per heavy atom. The molecule has 0 saturated heterocycles. The second-order valence-electron chi connectivity index (χ2n) is 6.84. The Bertz CT molecular complexity index is 831. The lowest BCUT2D eigenvalue weighted by atomic mass is 10.0. The van der Waals surface area contributed by atoms with Gasteiger partial charge >= 0.3 is 0 Å². The van der Waals surface area contributed by atoms with Gasteiger partial charge in [0, 0.05) is 13.6 Å². The fraction of sp³-hybridized carbons (Fsp3) is 0.350. The van der Waals surface area contributed by atoms with Gasteiger partial charge in [0.15, 0.2) is 0 Å². The second-order valence-corrected chi connectivity index (χ2v) is 8.55. The number of amides is 1. The van der Waals surface area contributed by atoms with Crippen LogP contribution in [0, 0.1) is 12.8 Å². The van der Waals surface area contributed by atoms with Crippen LogP contribution in [0.15, 0.2) is 59.5 Å². The van der Waals surface area contributed by atoms with Gasteiger partial charge in [-0.2, -0.15) is 4.72 Å². The van der Waals surface area contributed by atoms with E-state index in [0.29, 0.717) is 6.54 Å². The molecule has 0 heterocycles.